The predicted molar refractivity (Wildman–Crippen MR) is 83.8 cm³/mol. The average Bonchev–Trinajstić information content (AvgIpc) is 2.47. The summed E-state index contributed by atoms with van der Waals surface area (Å²) in [5.41, 5.74) is 9.43. The molecule has 4 nitrogen and oxygen atoms in total. The van der Waals surface area contributed by atoms with Crippen molar-refractivity contribution in [1.82, 2.24) is 0 Å². The van der Waals surface area contributed by atoms with Crippen LogP contribution >= 0.6 is 0 Å². The SMILES string of the molecule is COCc1cccc(CNc2ccccc2CC(N)=O)c1. The Morgan fingerprint density at radius 3 is 2.67 bits per heavy atom. The molecular formula is C17H20N2O2. The van der Waals surface area contributed by atoms with E-state index in [1.807, 2.05) is 36.4 Å². The highest BCUT2D eigenvalue weighted by molar-refractivity contribution is 5.78. The minimum atomic E-state index is -0.327. The fourth-order valence-electron chi connectivity index (χ4n) is 2.23. The van der Waals surface area contributed by atoms with Crippen LogP contribution in [-0.4, -0.2) is 13.0 Å². The lowest BCUT2D eigenvalue weighted by atomic mass is 10.1. The molecule has 4 heteroatoms. The van der Waals surface area contributed by atoms with Gasteiger partial charge in [-0.05, 0) is 22.8 Å². The minimum absolute atomic E-state index is 0.243. The lowest BCUT2D eigenvalue weighted by Gasteiger charge is -2.12. The summed E-state index contributed by atoms with van der Waals surface area (Å²) in [6.45, 7) is 1.29. The van der Waals surface area contributed by atoms with Crippen LogP contribution in [0.5, 0.6) is 0 Å². The Morgan fingerprint density at radius 1 is 1.14 bits per heavy atom. The van der Waals surface area contributed by atoms with Crippen molar-refractivity contribution in [3.05, 3.63) is 65.2 Å². The van der Waals surface area contributed by atoms with E-state index in [0.29, 0.717) is 13.2 Å². The maximum absolute atomic E-state index is 11.1. The Hall–Kier alpha value is -2.33. The standard InChI is InChI=1S/C17H20N2O2/c1-21-12-14-6-4-5-13(9-14)11-19-16-8-3-2-7-15(16)10-17(18)20/h2-9,19H,10-12H2,1H3,(H2,18,20). The van der Waals surface area contributed by atoms with Gasteiger partial charge in [-0.15, -0.1) is 0 Å². The van der Waals surface area contributed by atoms with Crippen molar-refractivity contribution < 1.29 is 9.53 Å². The first-order valence-corrected chi connectivity index (χ1v) is 6.86. The molecule has 0 saturated carbocycles. The molecule has 0 aliphatic heterocycles. The van der Waals surface area contributed by atoms with Crippen LogP contribution in [0.25, 0.3) is 0 Å². The van der Waals surface area contributed by atoms with Crippen molar-refractivity contribution in [2.24, 2.45) is 5.73 Å². The van der Waals surface area contributed by atoms with Gasteiger partial charge >= 0.3 is 0 Å². The lowest BCUT2D eigenvalue weighted by Crippen LogP contribution is -2.15. The van der Waals surface area contributed by atoms with Gasteiger partial charge in [0.05, 0.1) is 13.0 Å². The summed E-state index contributed by atoms with van der Waals surface area (Å²) in [5, 5.41) is 3.36. The molecule has 0 aliphatic carbocycles. The van der Waals surface area contributed by atoms with Gasteiger partial charge in [0.1, 0.15) is 0 Å². The van der Waals surface area contributed by atoms with Gasteiger partial charge in [-0.25, -0.2) is 0 Å². The Morgan fingerprint density at radius 2 is 1.90 bits per heavy atom. The second-order valence-corrected chi connectivity index (χ2v) is 4.91. The summed E-state index contributed by atoms with van der Waals surface area (Å²) < 4.78 is 5.14. The Bertz CT molecular complexity index is 611. The van der Waals surface area contributed by atoms with Crippen molar-refractivity contribution in [3.63, 3.8) is 0 Å². The summed E-state index contributed by atoms with van der Waals surface area (Å²) >= 11 is 0. The van der Waals surface area contributed by atoms with E-state index in [0.717, 1.165) is 16.8 Å². The van der Waals surface area contributed by atoms with Crippen LogP contribution in [0.3, 0.4) is 0 Å². The molecule has 2 aromatic rings. The Labute approximate surface area is 124 Å². The number of nitrogens with two attached hydrogens (primary N) is 1. The molecule has 0 fully saturated rings. The molecule has 3 N–H and O–H groups in total. The van der Waals surface area contributed by atoms with E-state index in [-0.39, 0.29) is 12.3 Å². The molecule has 110 valence electrons. The fraction of sp³-hybridized carbons (Fsp3) is 0.235. The molecule has 0 heterocycles. The van der Waals surface area contributed by atoms with Gasteiger partial charge in [-0.3, -0.25) is 4.79 Å². The monoisotopic (exact) mass is 284 g/mol. The van der Waals surface area contributed by atoms with Crippen molar-refractivity contribution >= 4 is 11.6 Å². The van der Waals surface area contributed by atoms with Gasteiger partial charge < -0.3 is 15.8 Å². The molecule has 21 heavy (non-hydrogen) atoms. The third-order valence-corrected chi connectivity index (χ3v) is 3.17. The fourth-order valence-corrected chi connectivity index (χ4v) is 2.23. The maximum atomic E-state index is 11.1. The molecule has 0 saturated heterocycles. The number of ether oxygens (including phenoxy) is 1. The number of carbonyl (C=O) groups excluding carboxylic acids is 1. The van der Waals surface area contributed by atoms with Crippen molar-refractivity contribution in [3.8, 4) is 0 Å². The predicted octanol–water partition coefficient (Wildman–Crippen LogP) is 2.47. The smallest absolute Gasteiger partial charge is 0.221 e. The first kappa shape index (κ1) is 15.1. The maximum Gasteiger partial charge on any atom is 0.221 e. The number of rotatable bonds is 7. The summed E-state index contributed by atoms with van der Waals surface area (Å²) in [5.74, 6) is -0.327. The number of para-hydroxylation sites is 1. The van der Waals surface area contributed by atoms with Gasteiger partial charge in [0.2, 0.25) is 5.91 Å². The molecule has 2 aromatic carbocycles. The molecule has 1 amide bonds. The summed E-state index contributed by atoms with van der Waals surface area (Å²) in [4.78, 5) is 11.1. The number of hydrogen-bond acceptors (Lipinski definition) is 3. The number of carbonyl (C=O) groups is 1. The van der Waals surface area contributed by atoms with Crippen molar-refractivity contribution in [2.45, 2.75) is 19.6 Å². The topological polar surface area (TPSA) is 64.3 Å². The van der Waals surface area contributed by atoms with E-state index in [2.05, 4.69) is 17.4 Å². The van der Waals surface area contributed by atoms with E-state index in [1.54, 1.807) is 7.11 Å². The Balaban J connectivity index is 2.06. The normalized spacial score (nSPS) is 10.3. The largest absolute Gasteiger partial charge is 0.381 e. The highest BCUT2D eigenvalue weighted by Gasteiger charge is 2.05. The first-order chi connectivity index (χ1) is 10.2. The highest BCUT2D eigenvalue weighted by Crippen LogP contribution is 2.17. The highest BCUT2D eigenvalue weighted by atomic mass is 16.5. The molecule has 0 aromatic heterocycles. The molecule has 0 spiro atoms. The van der Waals surface area contributed by atoms with E-state index in [1.165, 1.54) is 5.56 Å². The quantitative estimate of drug-likeness (QED) is 0.821. The van der Waals surface area contributed by atoms with E-state index < -0.39 is 0 Å². The molecule has 0 aliphatic rings. The molecule has 2 rings (SSSR count). The third kappa shape index (κ3) is 4.61. The van der Waals surface area contributed by atoms with Gasteiger partial charge in [-0.2, -0.15) is 0 Å². The third-order valence-electron chi connectivity index (χ3n) is 3.17. The van der Waals surface area contributed by atoms with Crippen LogP contribution in [-0.2, 0) is 29.1 Å². The summed E-state index contributed by atoms with van der Waals surface area (Å²) in [6.07, 6.45) is 0.243. The minimum Gasteiger partial charge on any atom is -0.381 e. The zero-order chi connectivity index (χ0) is 15.1. The van der Waals surface area contributed by atoms with Crippen LogP contribution in [0, 0.1) is 0 Å². The molecular weight excluding hydrogens is 264 g/mol. The van der Waals surface area contributed by atoms with E-state index in [9.17, 15) is 4.79 Å². The van der Waals surface area contributed by atoms with Crippen LogP contribution in [0.4, 0.5) is 5.69 Å². The van der Waals surface area contributed by atoms with E-state index >= 15 is 0 Å². The van der Waals surface area contributed by atoms with Crippen LogP contribution in [0.1, 0.15) is 16.7 Å². The Kier molecular flexibility index (Phi) is 5.35. The van der Waals surface area contributed by atoms with Crippen LogP contribution in [0.2, 0.25) is 0 Å². The number of methoxy groups -OCH3 is 1. The lowest BCUT2D eigenvalue weighted by molar-refractivity contribution is -0.117. The number of nitrogens with one attached hydrogen (secondary N) is 1. The van der Waals surface area contributed by atoms with Gasteiger partial charge in [0.15, 0.2) is 0 Å². The molecule has 0 atom stereocenters. The summed E-state index contributed by atoms with van der Waals surface area (Å²) in [6, 6.07) is 15.9. The zero-order valence-electron chi connectivity index (χ0n) is 12.1. The average molecular weight is 284 g/mol. The first-order valence-electron chi connectivity index (χ1n) is 6.86. The van der Waals surface area contributed by atoms with Crippen LogP contribution in [0.15, 0.2) is 48.5 Å². The van der Waals surface area contributed by atoms with Gasteiger partial charge in [0, 0.05) is 19.3 Å². The van der Waals surface area contributed by atoms with E-state index in [4.69, 9.17) is 10.5 Å². The number of anilines is 1. The van der Waals surface area contributed by atoms with Gasteiger partial charge in [-0.1, -0.05) is 42.5 Å². The van der Waals surface area contributed by atoms with Crippen LogP contribution < -0.4 is 11.1 Å². The summed E-state index contributed by atoms with van der Waals surface area (Å²) in [7, 11) is 1.69. The zero-order valence-corrected chi connectivity index (χ0v) is 12.1. The number of hydrogen-bond donors (Lipinski definition) is 2. The second-order valence-electron chi connectivity index (χ2n) is 4.91. The number of primary amides is 1. The second kappa shape index (κ2) is 7.45. The van der Waals surface area contributed by atoms with Gasteiger partial charge in [0.25, 0.3) is 0 Å². The molecule has 0 radical (unpaired) electrons. The van der Waals surface area contributed by atoms with Crippen molar-refractivity contribution in [2.75, 3.05) is 12.4 Å². The van der Waals surface area contributed by atoms with Crippen molar-refractivity contribution in [1.29, 1.82) is 0 Å². The molecule has 0 unspecified atom stereocenters. The molecule has 0 bridgehead atoms. The number of amides is 1. The number of benzene rings is 2.